The molecule has 0 bridgehead atoms. The molecule has 0 atom stereocenters. The van der Waals surface area contributed by atoms with E-state index in [9.17, 15) is 0 Å². The highest BCUT2D eigenvalue weighted by atomic mass is 35.5. The lowest BCUT2D eigenvalue weighted by molar-refractivity contribution is 0.415. The van der Waals surface area contributed by atoms with Crippen LogP contribution in [0.1, 0.15) is 10.4 Å². The molecule has 3 aromatic rings. The molecule has 122 valence electrons. The van der Waals surface area contributed by atoms with Gasteiger partial charge in [0.05, 0.1) is 19.0 Å². The monoisotopic (exact) mass is 357 g/mol. The van der Waals surface area contributed by atoms with Crippen molar-refractivity contribution < 1.29 is 4.74 Å². The predicted molar refractivity (Wildman–Crippen MR) is 102 cm³/mol. The van der Waals surface area contributed by atoms with Crippen molar-refractivity contribution in [1.82, 2.24) is 4.98 Å². The predicted octanol–water partition coefficient (Wildman–Crippen LogP) is 5.23. The van der Waals surface area contributed by atoms with E-state index in [1.165, 1.54) is 0 Å². The molecule has 0 aliphatic rings. The fraction of sp³-hybridized carbons (Fsp3) is 0.111. The van der Waals surface area contributed by atoms with Crippen LogP contribution in [0.3, 0.4) is 0 Å². The van der Waals surface area contributed by atoms with Crippen LogP contribution in [-0.4, -0.2) is 18.3 Å². The average Bonchev–Trinajstić information content (AvgIpc) is 2.97. The van der Waals surface area contributed by atoms with E-state index in [1.54, 1.807) is 24.7 Å². The van der Waals surface area contributed by atoms with Crippen LogP contribution in [-0.2, 0) is 0 Å². The number of thiazole rings is 1. The van der Waals surface area contributed by atoms with E-state index >= 15 is 0 Å². The van der Waals surface area contributed by atoms with E-state index in [0.717, 1.165) is 32.6 Å². The number of nitrogens with one attached hydrogen (secondary N) is 1. The molecule has 1 N–H and O–H groups in total. The van der Waals surface area contributed by atoms with Crippen molar-refractivity contribution in [3.8, 4) is 17.0 Å². The first kappa shape index (κ1) is 16.5. The molecule has 0 fully saturated rings. The zero-order chi connectivity index (χ0) is 16.9. The van der Waals surface area contributed by atoms with Crippen molar-refractivity contribution in [3.05, 3.63) is 64.0 Å². The van der Waals surface area contributed by atoms with Crippen LogP contribution in [0.25, 0.3) is 11.3 Å². The Bertz CT molecular complexity index is 842. The lowest BCUT2D eigenvalue weighted by Gasteiger charge is -2.01. The van der Waals surface area contributed by atoms with E-state index < -0.39 is 0 Å². The summed E-state index contributed by atoms with van der Waals surface area (Å²) in [6.45, 7) is 2.05. The minimum atomic E-state index is 0.708. The molecule has 2 aromatic carbocycles. The molecule has 6 heteroatoms. The Morgan fingerprint density at radius 3 is 2.50 bits per heavy atom. The Kier molecular flexibility index (Phi) is 5.13. The molecule has 3 rings (SSSR count). The van der Waals surface area contributed by atoms with Crippen LogP contribution < -0.4 is 10.2 Å². The number of aryl methyl sites for hydroxylation is 1. The second-order valence-electron chi connectivity index (χ2n) is 5.07. The van der Waals surface area contributed by atoms with Crippen molar-refractivity contribution >= 4 is 34.3 Å². The summed E-state index contributed by atoms with van der Waals surface area (Å²) in [5.74, 6) is 0.831. The Morgan fingerprint density at radius 1 is 1.12 bits per heavy atom. The van der Waals surface area contributed by atoms with E-state index in [-0.39, 0.29) is 0 Å². The quantitative estimate of drug-likeness (QED) is 0.502. The fourth-order valence-electron chi connectivity index (χ4n) is 2.17. The molecular weight excluding hydrogens is 342 g/mol. The number of rotatable bonds is 5. The van der Waals surface area contributed by atoms with Gasteiger partial charge in [0.15, 0.2) is 0 Å². The number of methoxy groups -OCH3 is 1. The maximum absolute atomic E-state index is 5.86. The Hall–Kier alpha value is -2.37. The molecule has 0 spiro atoms. The number of nitrogens with zero attached hydrogens (tertiary/aromatic N) is 2. The van der Waals surface area contributed by atoms with Crippen LogP contribution in [0, 0.1) is 6.92 Å². The summed E-state index contributed by atoms with van der Waals surface area (Å²) in [6, 6.07) is 15.3. The third kappa shape index (κ3) is 3.93. The summed E-state index contributed by atoms with van der Waals surface area (Å²) in [4.78, 5) is 5.74. The topological polar surface area (TPSA) is 46.5 Å². The second-order valence-corrected chi connectivity index (χ2v) is 6.71. The highest BCUT2D eigenvalue weighted by Crippen LogP contribution is 2.31. The number of benzene rings is 2. The molecule has 0 saturated carbocycles. The largest absolute Gasteiger partial charge is 0.497 e. The van der Waals surface area contributed by atoms with Crippen LogP contribution in [0.4, 0.5) is 5.13 Å². The molecule has 0 radical (unpaired) electrons. The molecular formula is C18H16ClN3OS. The first-order chi connectivity index (χ1) is 11.7. The average molecular weight is 358 g/mol. The number of hydrazone groups is 1. The van der Waals surface area contributed by atoms with Crippen molar-refractivity contribution in [3.63, 3.8) is 0 Å². The minimum Gasteiger partial charge on any atom is -0.497 e. The molecule has 0 aliphatic heterocycles. The molecule has 1 heterocycles. The molecule has 4 nitrogen and oxygen atoms in total. The summed E-state index contributed by atoms with van der Waals surface area (Å²) < 4.78 is 5.19. The van der Waals surface area contributed by atoms with Gasteiger partial charge in [0, 0.05) is 15.5 Å². The number of anilines is 1. The number of ether oxygens (including phenoxy) is 1. The van der Waals surface area contributed by atoms with Crippen molar-refractivity contribution in [1.29, 1.82) is 0 Å². The maximum atomic E-state index is 5.86. The first-order valence-corrected chi connectivity index (χ1v) is 8.51. The third-order valence-electron chi connectivity index (χ3n) is 3.40. The summed E-state index contributed by atoms with van der Waals surface area (Å²) in [6.07, 6.45) is 1.74. The third-order valence-corrected chi connectivity index (χ3v) is 4.53. The molecule has 0 amide bonds. The highest BCUT2D eigenvalue weighted by Gasteiger charge is 2.09. The van der Waals surface area contributed by atoms with Gasteiger partial charge in [-0.1, -0.05) is 23.7 Å². The standard InChI is InChI=1S/C18H16ClN3OS/c1-12-17(14-5-9-16(23-2)10-6-14)21-18(24-12)22-20-11-13-3-7-15(19)8-4-13/h3-11H,1-2H3,(H,21,22)/b20-11-. The van der Waals surface area contributed by atoms with Crippen LogP contribution in [0.15, 0.2) is 53.6 Å². The minimum absolute atomic E-state index is 0.708. The molecule has 0 unspecified atom stereocenters. The molecule has 24 heavy (non-hydrogen) atoms. The molecule has 0 saturated heterocycles. The SMILES string of the molecule is COc1ccc(-c2nc(N/N=C\c3ccc(Cl)cc3)sc2C)cc1. The zero-order valence-corrected chi connectivity index (χ0v) is 14.9. The molecule has 1 aromatic heterocycles. The number of hydrogen-bond donors (Lipinski definition) is 1. The number of halogens is 1. The van der Waals surface area contributed by atoms with Gasteiger partial charge < -0.3 is 4.74 Å². The second kappa shape index (κ2) is 7.47. The fourth-order valence-corrected chi connectivity index (χ4v) is 3.08. The van der Waals surface area contributed by atoms with E-state index in [4.69, 9.17) is 16.3 Å². The molecule has 0 aliphatic carbocycles. The Morgan fingerprint density at radius 2 is 1.83 bits per heavy atom. The highest BCUT2D eigenvalue weighted by molar-refractivity contribution is 7.15. The van der Waals surface area contributed by atoms with Crippen molar-refractivity contribution in [2.75, 3.05) is 12.5 Å². The van der Waals surface area contributed by atoms with Gasteiger partial charge in [0.25, 0.3) is 0 Å². The van der Waals surface area contributed by atoms with Gasteiger partial charge in [-0.2, -0.15) is 5.10 Å². The number of hydrogen-bond acceptors (Lipinski definition) is 5. The van der Waals surface area contributed by atoms with Crippen LogP contribution in [0.5, 0.6) is 5.75 Å². The summed E-state index contributed by atoms with van der Waals surface area (Å²) in [7, 11) is 1.66. The van der Waals surface area contributed by atoms with Gasteiger partial charge in [-0.15, -0.1) is 11.3 Å². The van der Waals surface area contributed by atoms with Crippen LogP contribution in [0.2, 0.25) is 5.02 Å². The van der Waals surface area contributed by atoms with Gasteiger partial charge in [-0.05, 0) is 48.9 Å². The van der Waals surface area contributed by atoms with Crippen molar-refractivity contribution in [2.45, 2.75) is 6.92 Å². The van der Waals surface area contributed by atoms with Gasteiger partial charge in [-0.3, -0.25) is 5.43 Å². The number of aromatic nitrogens is 1. The normalized spacial score (nSPS) is 11.0. The van der Waals surface area contributed by atoms with Gasteiger partial charge in [0.1, 0.15) is 5.75 Å². The van der Waals surface area contributed by atoms with Gasteiger partial charge >= 0.3 is 0 Å². The zero-order valence-electron chi connectivity index (χ0n) is 13.3. The van der Waals surface area contributed by atoms with Crippen LogP contribution >= 0.6 is 22.9 Å². The van der Waals surface area contributed by atoms with E-state index in [1.807, 2.05) is 55.5 Å². The summed E-state index contributed by atoms with van der Waals surface area (Å²) in [5, 5.41) is 5.69. The van der Waals surface area contributed by atoms with Gasteiger partial charge in [-0.25, -0.2) is 4.98 Å². The van der Waals surface area contributed by atoms with E-state index in [2.05, 4.69) is 15.5 Å². The summed E-state index contributed by atoms with van der Waals surface area (Å²) in [5.41, 5.74) is 5.95. The lowest BCUT2D eigenvalue weighted by atomic mass is 10.1. The summed E-state index contributed by atoms with van der Waals surface area (Å²) >= 11 is 7.43. The Labute approximate surface area is 149 Å². The van der Waals surface area contributed by atoms with Gasteiger partial charge in [0.2, 0.25) is 5.13 Å². The maximum Gasteiger partial charge on any atom is 0.204 e. The Balaban J connectivity index is 1.72. The lowest BCUT2D eigenvalue weighted by Crippen LogP contribution is -1.90. The van der Waals surface area contributed by atoms with Crippen molar-refractivity contribution in [2.24, 2.45) is 5.10 Å². The first-order valence-electron chi connectivity index (χ1n) is 7.32. The smallest absolute Gasteiger partial charge is 0.204 e. The van der Waals surface area contributed by atoms with E-state index in [0.29, 0.717) is 5.02 Å².